The van der Waals surface area contributed by atoms with Gasteiger partial charge in [-0.25, -0.2) is 0 Å². The largest absolute Gasteiger partial charge is 0.383 e. The van der Waals surface area contributed by atoms with E-state index in [1.807, 2.05) is 6.92 Å². The van der Waals surface area contributed by atoms with E-state index in [2.05, 4.69) is 19.2 Å². The zero-order valence-electron chi connectivity index (χ0n) is 14.0. The highest BCUT2D eigenvalue weighted by Crippen LogP contribution is 2.37. The van der Waals surface area contributed by atoms with Gasteiger partial charge in [0.05, 0.1) is 12.2 Å². The zero-order valence-corrected chi connectivity index (χ0v) is 14.0. The van der Waals surface area contributed by atoms with Crippen molar-refractivity contribution in [3.63, 3.8) is 0 Å². The van der Waals surface area contributed by atoms with E-state index >= 15 is 0 Å². The Morgan fingerprint density at radius 3 is 2.43 bits per heavy atom. The van der Waals surface area contributed by atoms with Crippen LogP contribution in [0.5, 0.6) is 0 Å². The van der Waals surface area contributed by atoms with Crippen molar-refractivity contribution in [1.29, 1.82) is 0 Å². The zero-order chi connectivity index (χ0) is 15.9. The van der Waals surface area contributed by atoms with Gasteiger partial charge in [-0.15, -0.1) is 0 Å². The number of nitrogens with one attached hydrogen (secondary N) is 1. The summed E-state index contributed by atoms with van der Waals surface area (Å²) in [6.07, 6.45) is 4.17. The Hall–Kier alpha value is -0.650. The maximum Gasteiger partial charge on any atom is 0.246 e. The summed E-state index contributed by atoms with van der Waals surface area (Å²) in [5.41, 5.74) is 5.61. The molecule has 5 nitrogen and oxygen atoms in total. The molecule has 21 heavy (non-hydrogen) atoms. The van der Waals surface area contributed by atoms with E-state index < -0.39 is 0 Å². The molecule has 0 saturated heterocycles. The van der Waals surface area contributed by atoms with Gasteiger partial charge in [-0.2, -0.15) is 0 Å². The summed E-state index contributed by atoms with van der Waals surface area (Å²) in [6.45, 7) is 7.52. The third-order valence-electron chi connectivity index (χ3n) is 4.59. The number of ether oxygens (including phenoxy) is 2. The topological polar surface area (TPSA) is 73.6 Å². The van der Waals surface area contributed by atoms with Crippen LogP contribution < -0.4 is 11.1 Å². The Morgan fingerprint density at radius 2 is 1.95 bits per heavy atom. The van der Waals surface area contributed by atoms with E-state index in [0.29, 0.717) is 19.1 Å². The van der Waals surface area contributed by atoms with Gasteiger partial charge in [0.2, 0.25) is 5.91 Å². The number of nitrogens with two attached hydrogens (primary N) is 1. The summed E-state index contributed by atoms with van der Waals surface area (Å²) in [7, 11) is 1.62. The Balaban J connectivity index is 2.39. The van der Waals surface area contributed by atoms with Crippen molar-refractivity contribution < 1.29 is 14.3 Å². The van der Waals surface area contributed by atoms with Gasteiger partial charge in [-0.05, 0) is 44.4 Å². The van der Waals surface area contributed by atoms with Crippen LogP contribution >= 0.6 is 0 Å². The standard InChI is InChI=1S/C16H32N2O3/c1-12(2)14-5-7-16(11-17,8-6-14)21-10-15(19)18-13(3)9-20-4/h12-14H,5-11,17H2,1-4H3,(H,18,19). The van der Waals surface area contributed by atoms with Gasteiger partial charge in [-0.1, -0.05) is 13.8 Å². The summed E-state index contributed by atoms with van der Waals surface area (Å²) in [6, 6.07) is -0.00314. The third kappa shape index (κ3) is 5.93. The van der Waals surface area contributed by atoms with Crippen LogP contribution in [0.4, 0.5) is 0 Å². The fourth-order valence-corrected chi connectivity index (χ4v) is 3.07. The van der Waals surface area contributed by atoms with E-state index in [4.69, 9.17) is 15.2 Å². The molecular formula is C16H32N2O3. The van der Waals surface area contributed by atoms with Crippen molar-refractivity contribution in [3.8, 4) is 0 Å². The molecular weight excluding hydrogens is 268 g/mol. The van der Waals surface area contributed by atoms with Crippen LogP contribution in [0, 0.1) is 11.8 Å². The van der Waals surface area contributed by atoms with Gasteiger partial charge in [0.25, 0.3) is 0 Å². The van der Waals surface area contributed by atoms with Crippen LogP contribution in [-0.2, 0) is 14.3 Å². The number of amides is 1. The van der Waals surface area contributed by atoms with Crippen molar-refractivity contribution in [2.75, 3.05) is 26.9 Å². The molecule has 1 aliphatic rings. The molecule has 5 heteroatoms. The Kier molecular flexibility index (Phi) is 7.63. The Labute approximate surface area is 128 Å². The smallest absolute Gasteiger partial charge is 0.246 e. The van der Waals surface area contributed by atoms with E-state index in [9.17, 15) is 4.79 Å². The molecule has 0 radical (unpaired) electrons. The second-order valence-electron chi connectivity index (χ2n) is 6.68. The van der Waals surface area contributed by atoms with Crippen molar-refractivity contribution in [3.05, 3.63) is 0 Å². The summed E-state index contributed by atoms with van der Waals surface area (Å²) < 4.78 is 10.9. The van der Waals surface area contributed by atoms with Gasteiger partial charge in [0.1, 0.15) is 6.61 Å². The number of carbonyl (C=O) groups is 1. The van der Waals surface area contributed by atoms with Crippen LogP contribution in [0.15, 0.2) is 0 Å². The van der Waals surface area contributed by atoms with E-state index in [0.717, 1.165) is 31.6 Å². The highest BCUT2D eigenvalue weighted by molar-refractivity contribution is 5.77. The Morgan fingerprint density at radius 1 is 1.33 bits per heavy atom. The molecule has 0 aromatic rings. The fourth-order valence-electron chi connectivity index (χ4n) is 3.07. The number of hydrogen-bond donors (Lipinski definition) is 2. The summed E-state index contributed by atoms with van der Waals surface area (Å²) in [4.78, 5) is 11.9. The van der Waals surface area contributed by atoms with E-state index in [-0.39, 0.29) is 24.2 Å². The minimum absolute atomic E-state index is 0.00314. The lowest BCUT2D eigenvalue weighted by Crippen LogP contribution is -2.47. The average molecular weight is 300 g/mol. The SMILES string of the molecule is COCC(C)NC(=O)COC1(CN)CCC(C(C)C)CC1. The lowest BCUT2D eigenvalue weighted by atomic mass is 9.74. The molecule has 1 aliphatic carbocycles. The highest BCUT2D eigenvalue weighted by Gasteiger charge is 2.36. The Bertz CT molecular complexity index is 313. The molecule has 1 saturated carbocycles. The lowest BCUT2D eigenvalue weighted by Gasteiger charge is -2.40. The van der Waals surface area contributed by atoms with Crippen molar-refractivity contribution in [1.82, 2.24) is 5.32 Å². The van der Waals surface area contributed by atoms with E-state index in [1.165, 1.54) is 0 Å². The number of carbonyl (C=O) groups excluding carboxylic acids is 1. The second kappa shape index (κ2) is 8.71. The molecule has 1 amide bonds. The summed E-state index contributed by atoms with van der Waals surface area (Å²) >= 11 is 0. The molecule has 0 aromatic heterocycles. The number of rotatable bonds is 8. The minimum atomic E-state index is -0.312. The lowest BCUT2D eigenvalue weighted by molar-refractivity contribution is -0.137. The molecule has 1 unspecified atom stereocenters. The maximum absolute atomic E-state index is 11.9. The van der Waals surface area contributed by atoms with Gasteiger partial charge >= 0.3 is 0 Å². The quantitative estimate of drug-likeness (QED) is 0.715. The first kappa shape index (κ1) is 18.4. The molecule has 1 atom stereocenters. The average Bonchev–Trinajstić information content (AvgIpc) is 2.45. The number of hydrogen-bond acceptors (Lipinski definition) is 4. The highest BCUT2D eigenvalue weighted by atomic mass is 16.5. The number of methoxy groups -OCH3 is 1. The monoisotopic (exact) mass is 300 g/mol. The first-order valence-corrected chi connectivity index (χ1v) is 8.05. The van der Waals surface area contributed by atoms with Gasteiger partial charge in [-0.3, -0.25) is 4.79 Å². The predicted molar refractivity (Wildman–Crippen MR) is 84.0 cm³/mol. The van der Waals surface area contributed by atoms with Crippen molar-refractivity contribution in [2.45, 2.75) is 58.1 Å². The van der Waals surface area contributed by atoms with E-state index in [1.54, 1.807) is 7.11 Å². The van der Waals surface area contributed by atoms with Crippen LogP contribution in [0.25, 0.3) is 0 Å². The van der Waals surface area contributed by atoms with Crippen molar-refractivity contribution >= 4 is 5.91 Å². The molecule has 124 valence electrons. The second-order valence-corrected chi connectivity index (χ2v) is 6.68. The normalized spacial score (nSPS) is 27.6. The van der Waals surface area contributed by atoms with Crippen LogP contribution in [0.3, 0.4) is 0 Å². The molecule has 0 heterocycles. The molecule has 1 fully saturated rings. The molecule has 0 bridgehead atoms. The van der Waals surface area contributed by atoms with Crippen LogP contribution in [0.2, 0.25) is 0 Å². The van der Waals surface area contributed by atoms with Gasteiger partial charge in [0, 0.05) is 19.7 Å². The molecule has 0 aromatic carbocycles. The van der Waals surface area contributed by atoms with Crippen LogP contribution in [0.1, 0.15) is 46.5 Å². The van der Waals surface area contributed by atoms with Crippen molar-refractivity contribution in [2.24, 2.45) is 17.6 Å². The van der Waals surface area contributed by atoms with Crippen LogP contribution in [-0.4, -0.2) is 44.4 Å². The molecule has 0 aliphatic heterocycles. The molecule has 3 N–H and O–H groups in total. The fraction of sp³-hybridized carbons (Fsp3) is 0.938. The van der Waals surface area contributed by atoms with Gasteiger partial charge in [0.15, 0.2) is 0 Å². The van der Waals surface area contributed by atoms with Gasteiger partial charge < -0.3 is 20.5 Å². The molecule has 0 spiro atoms. The first-order valence-electron chi connectivity index (χ1n) is 8.05. The first-order chi connectivity index (χ1) is 9.92. The maximum atomic E-state index is 11.9. The summed E-state index contributed by atoms with van der Waals surface area (Å²) in [5, 5.41) is 2.86. The summed E-state index contributed by atoms with van der Waals surface area (Å²) in [5.74, 6) is 1.36. The predicted octanol–water partition coefficient (Wildman–Crippen LogP) is 1.70. The minimum Gasteiger partial charge on any atom is -0.383 e. The molecule has 1 rings (SSSR count). The third-order valence-corrected chi connectivity index (χ3v) is 4.59.